The van der Waals surface area contributed by atoms with Gasteiger partial charge in [0.1, 0.15) is 12.1 Å². The van der Waals surface area contributed by atoms with E-state index in [-0.39, 0.29) is 12.5 Å². The van der Waals surface area contributed by atoms with Crippen LogP contribution in [0.15, 0.2) is 23.7 Å². The van der Waals surface area contributed by atoms with Crippen LogP contribution in [-0.4, -0.2) is 58.7 Å². The Morgan fingerprint density at radius 2 is 2.21 bits per heavy atom. The molecule has 1 N–H and O–H groups in total. The Labute approximate surface area is 144 Å². The first-order valence-electron chi connectivity index (χ1n) is 8.45. The molecule has 0 aliphatic carbocycles. The van der Waals surface area contributed by atoms with Crippen molar-refractivity contribution in [2.24, 2.45) is 10.9 Å². The highest BCUT2D eigenvalue weighted by Gasteiger charge is 2.29. The average molecular weight is 335 g/mol. The Morgan fingerprint density at radius 1 is 1.46 bits per heavy atom. The van der Waals surface area contributed by atoms with Crippen molar-refractivity contribution in [2.75, 3.05) is 26.7 Å². The lowest BCUT2D eigenvalue weighted by atomic mass is 9.93. The Hall–Kier alpha value is -2.05. The van der Waals surface area contributed by atoms with Crippen molar-refractivity contribution in [2.45, 2.75) is 45.8 Å². The molecule has 24 heavy (non-hydrogen) atoms. The number of carbonyl (C=O) groups excluding carboxylic acids is 1. The molecule has 0 saturated carbocycles. The molecule has 2 rings (SSSR count). The molecule has 0 radical (unpaired) electrons. The second kappa shape index (κ2) is 7.68. The number of likely N-dealkylation sites (tertiary alicyclic amines) is 1. The van der Waals surface area contributed by atoms with Crippen LogP contribution in [-0.2, 0) is 9.53 Å². The molecule has 1 aromatic rings. The van der Waals surface area contributed by atoms with Gasteiger partial charge in [-0.25, -0.2) is 4.98 Å². The molecule has 2 atom stereocenters. The topological polar surface area (TPSA) is 71.8 Å². The largest absolute Gasteiger partial charge is 0.459 e. The number of aromatic nitrogens is 2. The Morgan fingerprint density at radius 3 is 2.79 bits per heavy atom. The first kappa shape index (κ1) is 18.3. The number of hydrogen-bond acceptors (Lipinski definition) is 4. The summed E-state index contributed by atoms with van der Waals surface area (Å²) in [4.78, 5) is 22.6. The lowest BCUT2D eigenvalue weighted by Gasteiger charge is -2.39. The van der Waals surface area contributed by atoms with E-state index >= 15 is 0 Å². The smallest absolute Gasteiger partial charge is 0.325 e. The molecule has 1 aromatic heterocycles. The zero-order valence-corrected chi connectivity index (χ0v) is 15.3. The van der Waals surface area contributed by atoms with Crippen molar-refractivity contribution in [3.63, 3.8) is 0 Å². The van der Waals surface area contributed by atoms with Crippen LogP contribution >= 0.6 is 0 Å². The molecule has 7 heteroatoms. The van der Waals surface area contributed by atoms with Gasteiger partial charge in [0, 0.05) is 32.5 Å². The fourth-order valence-electron chi connectivity index (χ4n) is 2.96. The number of rotatable bonds is 3. The predicted molar refractivity (Wildman–Crippen MR) is 93.8 cm³/mol. The number of carbonyl (C=O) groups is 1. The van der Waals surface area contributed by atoms with Crippen LogP contribution in [0.2, 0.25) is 0 Å². The molecule has 0 amide bonds. The van der Waals surface area contributed by atoms with E-state index < -0.39 is 5.60 Å². The normalized spacial score (nSPS) is 22.4. The van der Waals surface area contributed by atoms with Crippen molar-refractivity contribution in [1.82, 2.24) is 19.8 Å². The van der Waals surface area contributed by atoms with Gasteiger partial charge in [-0.3, -0.25) is 9.79 Å². The first-order chi connectivity index (χ1) is 11.3. The summed E-state index contributed by atoms with van der Waals surface area (Å²) in [5.41, 5.74) is -0.477. The highest BCUT2D eigenvalue weighted by atomic mass is 16.6. The van der Waals surface area contributed by atoms with Gasteiger partial charge in [-0.1, -0.05) is 6.92 Å². The van der Waals surface area contributed by atoms with Gasteiger partial charge < -0.3 is 19.5 Å². The summed E-state index contributed by atoms with van der Waals surface area (Å²) in [5, 5.41) is 3.12. The minimum absolute atomic E-state index is 0.117. The van der Waals surface area contributed by atoms with Crippen LogP contribution in [0.1, 0.15) is 40.2 Å². The number of piperidine rings is 1. The standard InChI is InChI=1S/C17H29N5O2/c1-13-6-8-21(11-14(13)22-9-7-19-12-22)16(18-5)20-10-15(23)24-17(2,3)4/h7,9,12-14H,6,8,10-11H2,1-5H3,(H,18,20). The van der Waals surface area contributed by atoms with Crippen molar-refractivity contribution in [3.05, 3.63) is 18.7 Å². The van der Waals surface area contributed by atoms with E-state index in [2.05, 4.69) is 31.7 Å². The van der Waals surface area contributed by atoms with Gasteiger partial charge >= 0.3 is 5.97 Å². The van der Waals surface area contributed by atoms with Gasteiger partial charge in [0.2, 0.25) is 0 Å². The van der Waals surface area contributed by atoms with Crippen molar-refractivity contribution >= 4 is 11.9 Å². The van der Waals surface area contributed by atoms with Crippen molar-refractivity contribution in [1.29, 1.82) is 0 Å². The van der Waals surface area contributed by atoms with Gasteiger partial charge in [0.15, 0.2) is 5.96 Å². The molecule has 0 bridgehead atoms. The number of nitrogens with zero attached hydrogens (tertiary/aromatic N) is 4. The van der Waals surface area contributed by atoms with Crippen LogP contribution in [0.5, 0.6) is 0 Å². The summed E-state index contributed by atoms with van der Waals surface area (Å²) in [6.45, 7) is 9.72. The van der Waals surface area contributed by atoms with Gasteiger partial charge in [-0.05, 0) is 33.1 Å². The van der Waals surface area contributed by atoms with Gasteiger partial charge in [-0.2, -0.15) is 0 Å². The Kier molecular flexibility index (Phi) is 5.85. The predicted octanol–water partition coefficient (Wildman–Crippen LogP) is 1.68. The van der Waals surface area contributed by atoms with Crippen LogP contribution in [0.25, 0.3) is 0 Å². The lowest BCUT2D eigenvalue weighted by Crippen LogP contribution is -2.50. The quantitative estimate of drug-likeness (QED) is 0.517. The number of nitrogens with one attached hydrogen (secondary N) is 1. The summed E-state index contributed by atoms with van der Waals surface area (Å²) in [6.07, 6.45) is 6.74. The van der Waals surface area contributed by atoms with Crippen LogP contribution < -0.4 is 5.32 Å². The molecule has 2 unspecified atom stereocenters. The second-order valence-electron chi connectivity index (χ2n) is 7.28. The highest BCUT2D eigenvalue weighted by molar-refractivity contribution is 5.84. The summed E-state index contributed by atoms with van der Waals surface area (Å²) in [7, 11) is 1.74. The van der Waals surface area contributed by atoms with Crippen LogP contribution in [0.3, 0.4) is 0 Å². The average Bonchev–Trinajstić information content (AvgIpc) is 3.01. The molecular formula is C17H29N5O2. The SMILES string of the molecule is CN=C(NCC(=O)OC(C)(C)C)N1CCC(C)C(n2ccnc2)C1. The van der Waals surface area contributed by atoms with Gasteiger partial charge in [0.25, 0.3) is 0 Å². The maximum absolute atomic E-state index is 11.9. The molecule has 1 saturated heterocycles. The van der Waals surface area contributed by atoms with E-state index in [9.17, 15) is 4.79 Å². The highest BCUT2D eigenvalue weighted by Crippen LogP contribution is 2.27. The summed E-state index contributed by atoms with van der Waals surface area (Å²) in [5.74, 6) is 1.03. The first-order valence-corrected chi connectivity index (χ1v) is 8.45. The minimum Gasteiger partial charge on any atom is -0.459 e. The number of guanidine groups is 1. The van der Waals surface area contributed by atoms with Crippen molar-refractivity contribution in [3.8, 4) is 0 Å². The molecule has 1 fully saturated rings. The van der Waals surface area contributed by atoms with E-state index in [1.165, 1.54) is 0 Å². The number of ether oxygens (including phenoxy) is 1. The zero-order chi connectivity index (χ0) is 17.7. The second-order valence-corrected chi connectivity index (χ2v) is 7.28. The van der Waals surface area contributed by atoms with E-state index in [0.29, 0.717) is 12.0 Å². The molecule has 7 nitrogen and oxygen atoms in total. The number of hydrogen-bond donors (Lipinski definition) is 1. The van der Waals surface area contributed by atoms with E-state index in [1.807, 2.05) is 33.3 Å². The molecular weight excluding hydrogens is 306 g/mol. The number of aliphatic imine (C=N–C) groups is 1. The molecule has 0 spiro atoms. The van der Waals surface area contributed by atoms with Gasteiger partial charge in [-0.15, -0.1) is 0 Å². The molecule has 134 valence electrons. The molecule has 0 aromatic carbocycles. The number of esters is 1. The summed E-state index contributed by atoms with van der Waals surface area (Å²) < 4.78 is 7.48. The van der Waals surface area contributed by atoms with Crippen LogP contribution in [0.4, 0.5) is 0 Å². The maximum atomic E-state index is 11.9. The Bertz CT molecular complexity index is 562. The van der Waals surface area contributed by atoms with E-state index in [0.717, 1.165) is 25.5 Å². The monoisotopic (exact) mass is 335 g/mol. The Balaban J connectivity index is 1.94. The minimum atomic E-state index is -0.477. The van der Waals surface area contributed by atoms with Gasteiger partial charge in [0.05, 0.1) is 12.4 Å². The third-order valence-corrected chi connectivity index (χ3v) is 4.15. The fourth-order valence-corrected chi connectivity index (χ4v) is 2.96. The molecule has 1 aliphatic heterocycles. The number of imidazole rings is 1. The van der Waals surface area contributed by atoms with Crippen molar-refractivity contribution < 1.29 is 9.53 Å². The summed E-state index contributed by atoms with van der Waals surface area (Å²) >= 11 is 0. The maximum Gasteiger partial charge on any atom is 0.325 e. The molecule has 2 heterocycles. The lowest BCUT2D eigenvalue weighted by molar-refractivity contribution is -0.153. The van der Waals surface area contributed by atoms with E-state index in [1.54, 1.807) is 13.2 Å². The van der Waals surface area contributed by atoms with Crippen LogP contribution in [0, 0.1) is 5.92 Å². The third kappa shape index (κ3) is 4.97. The molecule has 1 aliphatic rings. The fraction of sp³-hybridized carbons (Fsp3) is 0.706. The summed E-state index contributed by atoms with van der Waals surface area (Å²) in [6, 6.07) is 0.348. The third-order valence-electron chi connectivity index (χ3n) is 4.15. The zero-order valence-electron chi connectivity index (χ0n) is 15.3. The van der Waals surface area contributed by atoms with E-state index in [4.69, 9.17) is 4.74 Å².